The predicted octanol–water partition coefficient (Wildman–Crippen LogP) is 2.63. The fourth-order valence-corrected chi connectivity index (χ4v) is 1.66. The highest BCUT2D eigenvalue weighted by Gasteiger charge is 2.15. The molecule has 6 nitrogen and oxygen atoms in total. The summed E-state index contributed by atoms with van der Waals surface area (Å²) in [5.74, 6) is 0.609. The minimum atomic E-state index is -0.431. The Labute approximate surface area is 125 Å². The smallest absolute Gasteiger partial charge is 0.270 e. The zero-order chi connectivity index (χ0) is 16.0. The number of ether oxygens (including phenoxy) is 1. The van der Waals surface area contributed by atoms with Crippen molar-refractivity contribution in [2.45, 2.75) is 52.3 Å². The fraction of sp³-hybridized carbons (Fsp3) is 0.600. The molecule has 1 aromatic carbocycles. The van der Waals surface area contributed by atoms with Crippen LogP contribution >= 0.6 is 0 Å². The lowest BCUT2D eigenvalue weighted by molar-refractivity contribution is -0.384. The number of nitrogens with zero attached hydrogens (tertiary/aromatic N) is 1. The van der Waals surface area contributed by atoms with Gasteiger partial charge in [0.1, 0.15) is 5.75 Å². The van der Waals surface area contributed by atoms with Crippen LogP contribution in [0.2, 0.25) is 0 Å². The summed E-state index contributed by atoms with van der Waals surface area (Å²) in [6.45, 7) is 8.63. The van der Waals surface area contributed by atoms with Crippen LogP contribution in [0.15, 0.2) is 18.2 Å². The van der Waals surface area contributed by atoms with Crippen LogP contribution in [0, 0.1) is 10.1 Å². The summed E-state index contributed by atoms with van der Waals surface area (Å²) in [6.07, 6.45) is 0.0857. The number of hydrogen-bond donors (Lipinski definition) is 2. The van der Waals surface area contributed by atoms with Gasteiger partial charge in [-0.15, -0.1) is 0 Å². The molecule has 1 unspecified atom stereocenters. The van der Waals surface area contributed by atoms with Gasteiger partial charge >= 0.3 is 0 Å². The van der Waals surface area contributed by atoms with Gasteiger partial charge in [-0.05, 0) is 33.8 Å². The largest absolute Gasteiger partial charge is 0.493 e. The molecule has 6 heteroatoms. The normalized spacial score (nSPS) is 13.0. The fourth-order valence-electron chi connectivity index (χ4n) is 1.66. The maximum atomic E-state index is 10.9. The number of rotatable bonds is 7. The van der Waals surface area contributed by atoms with E-state index >= 15 is 0 Å². The van der Waals surface area contributed by atoms with Gasteiger partial charge in [0.25, 0.3) is 5.69 Å². The van der Waals surface area contributed by atoms with E-state index in [9.17, 15) is 15.2 Å². The Morgan fingerprint density at radius 1 is 1.43 bits per heavy atom. The lowest BCUT2D eigenvalue weighted by Crippen LogP contribution is -2.35. The van der Waals surface area contributed by atoms with Gasteiger partial charge in [-0.1, -0.05) is 0 Å². The van der Waals surface area contributed by atoms with Crippen molar-refractivity contribution in [3.05, 3.63) is 33.9 Å². The number of nitro groups is 1. The van der Waals surface area contributed by atoms with E-state index in [2.05, 4.69) is 5.32 Å². The van der Waals surface area contributed by atoms with Crippen LogP contribution in [0.5, 0.6) is 5.75 Å². The van der Waals surface area contributed by atoms with Crippen LogP contribution in [0.3, 0.4) is 0 Å². The molecule has 0 heterocycles. The molecule has 0 aliphatic carbocycles. The van der Waals surface area contributed by atoms with Gasteiger partial charge in [-0.2, -0.15) is 0 Å². The van der Waals surface area contributed by atoms with Crippen LogP contribution in [0.25, 0.3) is 0 Å². The molecule has 0 aliphatic heterocycles. The van der Waals surface area contributed by atoms with Crippen molar-refractivity contribution >= 4 is 5.69 Å². The standard InChI is InChI=1S/C15H24N2O4/c1-11(18)7-8-21-14-6-5-13(17(19)20)9-12(14)10-16-15(2,3)4/h5-6,9,11,16,18H,7-8,10H2,1-4H3. The second-order valence-electron chi connectivity index (χ2n) is 6.14. The molecule has 0 saturated heterocycles. The molecule has 0 amide bonds. The molecule has 1 rings (SSSR count). The van der Waals surface area contributed by atoms with Crippen molar-refractivity contribution in [1.82, 2.24) is 5.32 Å². The molecule has 0 spiro atoms. The highest BCUT2D eigenvalue weighted by molar-refractivity contribution is 5.43. The first kappa shape index (κ1) is 17.4. The molecular weight excluding hydrogens is 272 g/mol. The van der Waals surface area contributed by atoms with Gasteiger partial charge in [-0.3, -0.25) is 10.1 Å². The summed E-state index contributed by atoms with van der Waals surface area (Å²) in [7, 11) is 0. The van der Waals surface area contributed by atoms with Crippen molar-refractivity contribution in [3.63, 3.8) is 0 Å². The lowest BCUT2D eigenvalue weighted by atomic mass is 10.1. The van der Waals surface area contributed by atoms with Crippen molar-refractivity contribution < 1.29 is 14.8 Å². The zero-order valence-corrected chi connectivity index (χ0v) is 13.0. The van der Waals surface area contributed by atoms with Crippen LogP contribution in [-0.2, 0) is 6.54 Å². The number of nitro benzene ring substituents is 1. The highest BCUT2D eigenvalue weighted by Crippen LogP contribution is 2.25. The Hall–Kier alpha value is -1.66. The molecule has 118 valence electrons. The van der Waals surface area contributed by atoms with Crippen LogP contribution < -0.4 is 10.1 Å². The topological polar surface area (TPSA) is 84.6 Å². The average Bonchev–Trinajstić information content (AvgIpc) is 2.35. The van der Waals surface area contributed by atoms with Crippen molar-refractivity contribution in [2.75, 3.05) is 6.61 Å². The number of aliphatic hydroxyl groups excluding tert-OH is 1. The average molecular weight is 296 g/mol. The number of aliphatic hydroxyl groups is 1. The maximum Gasteiger partial charge on any atom is 0.270 e. The third-order valence-electron chi connectivity index (χ3n) is 2.86. The minimum Gasteiger partial charge on any atom is -0.493 e. The Bertz CT molecular complexity index is 481. The van der Waals surface area contributed by atoms with Gasteiger partial charge in [0.15, 0.2) is 0 Å². The van der Waals surface area contributed by atoms with E-state index in [1.807, 2.05) is 20.8 Å². The lowest BCUT2D eigenvalue weighted by Gasteiger charge is -2.21. The van der Waals surface area contributed by atoms with Crippen LogP contribution in [-0.4, -0.2) is 28.3 Å². The zero-order valence-electron chi connectivity index (χ0n) is 13.0. The summed E-state index contributed by atoms with van der Waals surface area (Å²) in [6, 6.07) is 4.56. The van der Waals surface area contributed by atoms with E-state index < -0.39 is 11.0 Å². The van der Waals surface area contributed by atoms with Crippen LogP contribution in [0.4, 0.5) is 5.69 Å². The van der Waals surface area contributed by atoms with Crippen molar-refractivity contribution in [3.8, 4) is 5.75 Å². The second kappa shape index (κ2) is 7.38. The van der Waals surface area contributed by atoms with Gasteiger partial charge in [0.05, 0.1) is 17.6 Å². The summed E-state index contributed by atoms with van der Waals surface area (Å²) >= 11 is 0. The summed E-state index contributed by atoms with van der Waals surface area (Å²) in [5.41, 5.74) is 0.690. The van der Waals surface area contributed by atoms with E-state index in [1.54, 1.807) is 13.0 Å². The molecule has 0 aliphatic rings. The summed E-state index contributed by atoms with van der Waals surface area (Å²) < 4.78 is 5.63. The van der Waals surface area contributed by atoms with Crippen molar-refractivity contribution in [1.29, 1.82) is 0 Å². The first-order valence-electron chi connectivity index (χ1n) is 7.02. The van der Waals surface area contributed by atoms with Gasteiger partial charge < -0.3 is 15.2 Å². The number of benzene rings is 1. The predicted molar refractivity (Wildman–Crippen MR) is 81.5 cm³/mol. The molecule has 1 atom stereocenters. The molecule has 0 aromatic heterocycles. The summed E-state index contributed by atoms with van der Waals surface area (Å²) in [5, 5.41) is 23.4. The first-order chi connectivity index (χ1) is 9.69. The molecule has 0 radical (unpaired) electrons. The SMILES string of the molecule is CC(O)CCOc1ccc([N+](=O)[O-])cc1CNC(C)(C)C. The van der Waals surface area contributed by atoms with Gasteiger partial charge in [0, 0.05) is 36.2 Å². The second-order valence-corrected chi connectivity index (χ2v) is 6.14. The molecule has 0 bridgehead atoms. The first-order valence-corrected chi connectivity index (χ1v) is 7.02. The third kappa shape index (κ3) is 6.55. The maximum absolute atomic E-state index is 10.9. The summed E-state index contributed by atoms with van der Waals surface area (Å²) in [4.78, 5) is 10.5. The molecule has 0 saturated carbocycles. The number of nitrogens with one attached hydrogen (secondary N) is 1. The monoisotopic (exact) mass is 296 g/mol. The van der Waals surface area contributed by atoms with Crippen LogP contribution in [0.1, 0.15) is 39.7 Å². The molecule has 2 N–H and O–H groups in total. The molecule has 0 fully saturated rings. The van der Waals surface area contributed by atoms with Crippen molar-refractivity contribution in [2.24, 2.45) is 0 Å². The number of hydrogen-bond acceptors (Lipinski definition) is 5. The Morgan fingerprint density at radius 3 is 2.62 bits per heavy atom. The highest BCUT2D eigenvalue weighted by atomic mass is 16.6. The van der Waals surface area contributed by atoms with E-state index in [-0.39, 0.29) is 11.2 Å². The van der Waals surface area contributed by atoms with E-state index in [0.717, 1.165) is 5.56 Å². The van der Waals surface area contributed by atoms with E-state index in [0.29, 0.717) is 25.3 Å². The van der Waals surface area contributed by atoms with E-state index in [1.165, 1.54) is 12.1 Å². The molecular formula is C15H24N2O4. The van der Waals surface area contributed by atoms with E-state index in [4.69, 9.17) is 4.74 Å². The Kier molecular flexibility index (Phi) is 6.11. The minimum absolute atomic E-state index is 0.0450. The Balaban J connectivity index is 2.86. The quantitative estimate of drug-likeness (QED) is 0.597. The molecule has 1 aromatic rings. The number of non-ortho nitro benzene ring substituents is 1. The Morgan fingerprint density at radius 2 is 2.10 bits per heavy atom. The third-order valence-corrected chi connectivity index (χ3v) is 2.86. The van der Waals surface area contributed by atoms with Gasteiger partial charge in [0.2, 0.25) is 0 Å². The molecule has 21 heavy (non-hydrogen) atoms. The van der Waals surface area contributed by atoms with Gasteiger partial charge in [-0.25, -0.2) is 0 Å².